The fraction of sp³-hybridized carbons (Fsp3) is 0.700. The van der Waals surface area contributed by atoms with E-state index >= 15 is 0 Å². The van der Waals surface area contributed by atoms with E-state index in [4.69, 9.17) is 0 Å². The average Bonchev–Trinajstić information content (AvgIpc) is 2.52. The van der Waals surface area contributed by atoms with Crippen molar-refractivity contribution in [1.82, 2.24) is 0 Å². The Morgan fingerprint density at radius 1 is 1.09 bits per heavy atom. The van der Waals surface area contributed by atoms with Crippen molar-refractivity contribution in [2.45, 2.75) is 84.0 Å². The summed E-state index contributed by atoms with van der Waals surface area (Å²) < 4.78 is 2.00. The number of carbonyl (C=O) groups is 1. The van der Waals surface area contributed by atoms with E-state index < -0.39 is 5.97 Å². The SMILES string of the molecule is CCCCCCCCCCCC(C(=O)O)c1ccc[n+](C)c1C. The van der Waals surface area contributed by atoms with Crippen LogP contribution in [0, 0.1) is 6.92 Å². The third-order valence-electron chi connectivity index (χ3n) is 4.80. The van der Waals surface area contributed by atoms with Crippen LogP contribution in [-0.2, 0) is 11.8 Å². The van der Waals surface area contributed by atoms with Crippen molar-refractivity contribution in [2.75, 3.05) is 0 Å². The largest absolute Gasteiger partial charge is 0.481 e. The van der Waals surface area contributed by atoms with Crippen molar-refractivity contribution < 1.29 is 14.5 Å². The smallest absolute Gasteiger partial charge is 0.311 e. The third kappa shape index (κ3) is 7.15. The molecule has 0 fully saturated rings. The highest BCUT2D eigenvalue weighted by Gasteiger charge is 2.24. The van der Waals surface area contributed by atoms with Crippen LogP contribution in [0.2, 0.25) is 0 Å². The molecule has 1 rings (SSSR count). The Morgan fingerprint density at radius 3 is 2.22 bits per heavy atom. The number of aryl methyl sites for hydroxylation is 1. The summed E-state index contributed by atoms with van der Waals surface area (Å²) in [5, 5.41) is 9.56. The maximum Gasteiger partial charge on any atom is 0.311 e. The molecular weight excluding hydrogens is 286 g/mol. The molecule has 1 aromatic heterocycles. The van der Waals surface area contributed by atoms with Crippen LogP contribution in [0.25, 0.3) is 0 Å². The fourth-order valence-corrected chi connectivity index (χ4v) is 3.15. The first-order valence-corrected chi connectivity index (χ1v) is 9.25. The van der Waals surface area contributed by atoms with Crippen LogP contribution >= 0.6 is 0 Å². The predicted octanol–water partition coefficient (Wildman–Crippen LogP) is 4.91. The van der Waals surface area contributed by atoms with Crippen molar-refractivity contribution in [2.24, 2.45) is 7.05 Å². The Balaban J connectivity index is 2.32. The van der Waals surface area contributed by atoms with E-state index in [-0.39, 0.29) is 5.92 Å². The zero-order valence-electron chi connectivity index (χ0n) is 15.2. The van der Waals surface area contributed by atoms with Gasteiger partial charge in [0.15, 0.2) is 11.9 Å². The molecule has 0 spiro atoms. The van der Waals surface area contributed by atoms with E-state index in [0.29, 0.717) is 0 Å². The summed E-state index contributed by atoms with van der Waals surface area (Å²) in [5.74, 6) is -1.06. The molecule has 0 aliphatic heterocycles. The molecule has 3 nitrogen and oxygen atoms in total. The Morgan fingerprint density at radius 2 is 1.65 bits per heavy atom. The first-order valence-electron chi connectivity index (χ1n) is 9.25. The lowest BCUT2D eigenvalue weighted by atomic mass is 9.92. The zero-order chi connectivity index (χ0) is 17.1. The number of nitrogens with zero attached hydrogens (tertiary/aromatic N) is 1. The molecule has 1 unspecified atom stereocenters. The zero-order valence-corrected chi connectivity index (χ0v) is 15.2. The van der Waals surface area contributed by atoms with Gasteiger partial charge in [0, 0.05) is 18.6 Å². The molecule has 1 heterocycles. The molecule has 0 saturated heterocycles. The average molecular weight is 320 g/mol. The third-order valence-corrected chi connectivity index (χ3v) is 4.80. The number of aromatic nitrogens is 1. The van der Waals surface area contributed by atoms with Gasteiger partial charge in [0.1, 0.15) is 7.05 Å². The molecule has 130 valence electrons. The van der Waals surface area contributed by atoms with Gasteiger partial charge in [-0.3, -0.25) is 4.79 Å². The highest BCUT2D eigenvalue weighted by Crippen LogP contribution is 2.24. The van der Waals surface area contributed by atoms with E-state index in [1.54, 1.807) is 0 Å². The first-order chi connectivity index (χ1) is 11.1. The van der Waals surface area contributed by atoms with Gasteiger partial charge in [-0.05, 0) is 12.5 Å². The molecule has 1 atom stereocenters. The molecule has 23 heavy (non-hydrogen) atoms. The van der Waals surface area contributed by atoms with Gasteiger partial charge in [-0.25, -0.2) is 4.57 Å². The minimum atomic E-state index is -0.695. The maximum atomic E-state index is 11.6. The van der Waals surface area contributed by atoms with Crippen molar-refractivity contribution in [3.05, 3.63) is 29.6 Å². The Bertz CT molecular complexity index is 471. The second-order valence-electron chi connectivity index (χ2n) is 6.67. The quantitative estimate of drug-likeness (QED) is 0.439. The lowest BCUT2D eigenvalue weighted by molar-refractivity contribution is -0.678. The lowest BCUT2D eigenvalue weighted by Gasteiger charge is -2.13. The summed E-state index contributed by atoms with van der Waals surface area (Å²) in [7, 11) is 1.97. The van der Waals surface area contributed by atoms with Crippen molar-refractivity contribution in [3.63, 3.8) is 0 Å². The van der Waals surface area contributed by atoms with Crippen LogP contribution in [-0.4, -0.2) is 11.1 Å². The molecule has 0 aliphatic carbocycles. The van der Waals surface area contributed by atoms with E-state index in [0.717, 1.165) is 30.5 Å². The predicted molar refractivity (Wildman–Crippen MR) is 94.6 cm³/mol. The number of carboxylic acid groups (broad SMARTS) is 1. The minimum absolute atomic E-state index is 0.369. The standard InChI is InChI=1S/C20H33NO2/c1-4-5-6-7-8-9-10-11-12-14-19(20(22)23)18-15-13-16-21(3)17(18)2/h13,15-16,19H,4-12,14H2,1-3H3/p+1. The molecule has 0 amide bonds. The Labute approximate surface area is 141 Å². The number of carboxylic acids is 1. The Hall–Kier alpha value is -1.38. The second-order valence-corrected chi connectivity index (χ2v) is 6.67. The molecule has 0 saturated carbocycles. The van der Waals surface area contributed by atoms with Gasteiger partial charge in [-0.1, -0.05) is 64.7 Å². The lowest BCUT2D eigenvalue weighted by Crippen LogP contribution is -2.33. The summed E-state index contributed by atoms with van der Waals surface area (Å²) in [6, 6.07) is 3.90. The first kappa shape index (κ1) is 19.7. The van der Waals surface area contributed by atoms with Crippen LogP contribution in [0.4, 0.5) is 0 Å². The number of hydrogen-bond donors (Lipinski definition) is 1. The summed E-state index contributed by atoms with van der Waals surface area (Å²) in [6.45, 7) is 4.24. The maximum absolute atomic E-state index is 11.6. The Kier molecular flexibility index (Phi) is 9.58. The molecule has 0 aromatic carbocycles. The summed E-state index contributed by atoms with van der Waals surface area (Å²) in [4.78, 5) is 11.6. The normalized spacial score (nSPS) is 12.3. The van der Waals surface area contributed by atoms with Gasteiger partial charge in [-0.2, -0.15) is 0 Å². The van der Waals surface area contributed by atoms with Crippen molar-refractivity contribution in [3.8, 4) is 0 Å². The molecule has 1 aromatic rings. The molecule has 1 N–H and O–H groups in total. The second kappa shape index (κ2) is 11.2. The topological polar surface area (TPSA) is 41.2 Å². The molecule has 0 bridgehead atoms. The van der Waals surface area contributed by atoms with Gasteiger partial charge in [-0.15, -0.1) is 0 Å². The number of rotatable bonds is 12. The van der Waals surface area contributed by atoms with E-state index in [1.807, 2.05) is 36.9 Å². The van der Waals surface area contributed by atoms with E-state index in [1.165, 1.54) is 44.9 Å². The highest BCUT2D eigenvalue weighted by atomic mass is 16.4. The van der Waals surface area contributed by atoms with E-state index in [9.17, 15) is 9.90 Å². The van der Waals surface area contributed by atoms with Crippen molar-refractivity contribution in [1.29, 1.82) is 0 Å². The van der Waals surface area contributed by atoms with Gasteiger partial charge >= 0.3 is 5.97 Å². The number of hydrogen-bond acceptors (Lipinski definition) is 1. The molecular formula is C20H34NO2+. The number of pyridine rings is 1. The van der Waals surface area contributed by atoms with Gasteiger partial charge in [0.25, 0.3) is 0 Å². The highest BCUT2D eigenvalue weighted by molar-refractivity contribution is 5.76. The molecule has 0 radical (unpaired) electrons. The van der Waals surface area contributed by atoms with Gasteiger partial charge < -0.3 is 5.11 Å². The summed E-state index contributed by atoms with van der Waals surface area (Å²) in [6.07, 6.45) is 14.1. The van der Waals surface area contributed by atoms with Crippen LogP contribution in [0.5, 0.6) is 0 Å². The van der Waals surface area contributed by atoms with Crippen LogP contribution in [0.3, 0.4) is 0 Å². The monoisotopic (exact) mass is 320 g/mol. The fourth-order valence-electron chi connectivity index (χ4n) is 3.15. The molecule has 0 aliphatic rings. The van der Waals surface area contributed by atoms with Crippen LogP contribution < -0.4 is 4.57 Å². The van der Waals surface area contributed by atoms with Gasteiger partial charge in [0.2, 0.25) is 0 Å². The van der Waals surface area contributed by atoms with E-state index in [2.05, 4.69) is 6.92 Å². The van der Waals surface area contributed by atoms with Crippen LogP contribution in [0.15, 0.2) is 18.3 Å². The van der Waals surface area contributed by atoms with Gasteiger partial charge in [0.05, 0.1) is 5.92 Å². The summed E-state index contributed by atoms with van der Waals surface area (Å²) in [5.41, 5.74) is 2.01. The van der Waals surface area contributed by atoms with Crippen LogP contribution in [0.1, 0.15) is 88.3 Å². The minimum Gasteiger partial charge on any atom is -0.481 e. The number of aliphatic carboxylic acids is 1. The number of unbranched alkanes of at least 4 members (excludes halogenated alkanes) is 8. The summed E-state index contributed by atoms with van der Waals surface area (Å²) >= 11 is 0. The van der Waals surface area contributed by atoms with Crippen molar-refractivity contribution >= 4 is 5.97 Å². The molecule has 3 heteroatoms.